The van der Waals surface area contributed by atoms with E-state index in [0.717, 1.165) is 31.6 Å². The highest BCUT2D eigenvalue weighted by Crippen LogP contribution is 2.28. The van der Waals surface area contributed by atoms with Crippen LogP contribution in [-0.4, -0.2) is 24.5 Å². The van der Waals surface area contributed by atoms with E-state index in [0.29, 0.717) is 0 Å². The molecule has 1 aromatic carbocycles. The van der Waals surface area contributed by atoms with Gasteiger partial charge in [0.25, 0.3) is 0 Å². The molecule has 2 unspecified atom stereocenters. The van der Waals surface area contributed by atoms with Gasteiger partial charge in [0.15, 0.2) is 0 Å². The predicted molar refractivity (Wildman–Crippen MR) is 91.3 cm³/mol. The maximum atomic E-state index is 3.46. The Morgan fingerprint density at radius 3 is 2.43 bits per heavy atom. The Labute approximate surface area is 130 Å². The van der Waals surface area contributed by atoms with Gasteiger partial charge in [0, 0.05) is 19.1 Å². The first-order chi connectivity index (χ1) is 10.2. The van der Waals surface area contributed by atoms with E-state index < -0.39 is 0 Å². The van der Waals surface area contributed by atoms with E-state index in [-0.39, 0.29) is 0 Å². The van der Waals surface area contributed by atoms with Crippen molar-refractivity contribution in [2.75, 3.05) is 13.6 Å². The molecule has 118 valence electrons. The van der Waals surface area contributed by atoms with E-state index in [1.807, 2.05) is 0 Å². The Morgan fingerprint density at radius 1 is 1.10 bits per heavy atom. The molecule has 0 radical (unpaired) electrons. The zero-order chi connectivity index (χ0) is 15.1. The second kappa shape index (κ2) is 8.55. The first-order valence-electron chi connectivity index (χ1n) is 8.69. The molecule has 0 saturated heterocycles. The second-order valence-corrected chi connectivity index (χ2v) is 6.74. The highest BCUT2D eigenvalue weighted by atomic mass is 15.1. The molecule has 1 aliphatic rings. The SMILES string of the molecule is CCCNCc1ccc(CN(C)C2CCCCC2C)cc1. The van der Waals surface area contributed by atoms with Crippen molar-refractivity contribution in [2.45, 2.75) is 65.1 Å². The van der Waals surface area contributed by atoms with Crippen LogP contribution in [0.2, 0.25) is 0 Å². The van der Waals surface area contributed by atoms with Crippen molar-refractivity contribution in [1.29, 1.82) is 0 Å². The number of nitrogens with one attached hydrogen (secondary N) is 1. The van der Waals surface area contributed by atoms with Gasteiger partial charge < -0.3 is 5.32 Å². The summed E-state index contributed by atoms with van der Waals surface area (Å²) in [6, 6.07) is 9.91. The lowest BCUT2D eigenvalue weighted by Crippen LogP contribution is -2.38. The number of rotatable bonds is 7. The van der Waals surface area contributed by atoms with E-state index in [9.17, 15) is 0 Å². The lowest BCUT2D eigenvalue weighted by Gasteiger charge is -2.36. The van der Waals surface area contributed by atoms with Crippen molar-refractivity contribution in [3.05, 3.63) is 35.4 Å². The molecule has 0 bridgehead atoms. The number of hydrogen-bond donors (Lipinski definition) is 1. The van der Waals surface area contributed by atoms with Gasteiger partial charge in [-0.15, -0.1) is 0 Å². The summed E-state index contributed by atoms with van der Waals surface area (Å²) in [5, 5.41) is 3.46. The molecule has 21 heavy (non-hydrogen) atoms. The average Bonchev–Trinajstić information content (AvgIpc) is 2.49. The number of hydrogen-bond acceptors (Lipinski definition) is 2. The molecule has 1 N–H and O–H groups in total. The highest BCUT2D eigenvalue weighted by Gasteiger charge is 2.24. The fourth-order valence-corrected chi connectivity index (χ4v) is 3.53. The summed E-state index contributed by atoms with van der Waals surface area (Å²) in [5.41, 5.74) is 2.83. The minimum absolute atomic E-state index is 0.768. The van der Waals surface area contributed by atoms with Crippen LogP contribution < -0.4 is 5.32 Å². The molecular weight excluding hydrogens is 256 g/mol. The van der Waals surface area contributed by atoms with Gasteiger partial charge in [0.05, 0.1) is 0 Å². The lowest BCUT2D eigenvalue weighted by molar-refractivity contribution is 0.133. The third-order valence-electron chi connectivity index (χ3n) is 4.84. The third kappa shape index (κ3) is 5.12. The van der Waals surface area contributed by atoms with Gasteiger partial charge in [-0.3, -0.25) is 4.90 Å². The minimum atomic E-state index is 0.768. The Morgan fingerprint density at radius 2 is 1.76 bits per heavy atom. The van der Waals surface area contributed by atoms with Crippen LogP contribution in [0.3, 0.4) is 0 Å². The predicted octanol–water partition coefficient (Wildman–Crippen LogP) is 4.20. The molecule has 2 rings (SSSR count). The molecule has 1 fully saturated rings. The van der Waals surface area contributed by atoms with E-state index in [1.165, 1.54) is 43.2 Å². The zero-order valence-electron chi connectivity index (χ0n) is 14.1. The molecule has 1 saturated carbocycles. The molecule has 2 nitrogen and oxygen atoms in total. The van der Waals surface area contributed by atoms with Crippen molar-refractivity contribution in [1.82, 2.24) is 10.2 Å². The summed E-state index contributed by atoms with van der Waals surface area (Å²) < 4.78 is 0. The molecular formula is C19H32N2. The Hall–Kier alpha value is -0.860. The van der Waals surface area contributed by atoms with Crippen LogP contribution in [0.4, 0.5) is 0 Å². The smallest absolute Gasteiger partial charge is 0.0233 e. The van der Waals surface area contributed by atoms with Gasteiger partial charge in [-0.25, -0.2) is 0 Å². The van der Waals surface area contributed by atoms with Gasteiger partial charge in [-0.05, 0) is 49.9 Å². The molecule has 1 aliphatic carbocycles. The quantitative estimate of drug-likeness (QED) is 0.757. The van der Waals surface area contributed by atoms with Crippen LogP contribution in [0.5, 0.6) is 0 Å². The van der Waals surface area contributed by atoms with Crippen molar-refractivity contribution >= 4 is 0 Å². The highest BCUT2D eigenvalue weighted by molar-refractivity contribution is 5.22. The summed E-state index contributed by atoms with van der Waals surface area (Å²) in [4.78, 5) is 2.56. The summed E-state index contributed by atoms with van der Waals surface area (Å²) in [6.45, 7) is 7.80. The monoisotopic (exact) mass is 288 g/mol. The van der Waals surface area contributed by atoms with Gasteiger partial charge in [-0.1, -0.05) is 51.0 Å². The molecule has 0 aliphatic heterocycles. The molecule has 1 aromatic rings. The maximum Gasteiger partial charge on any atom is 0.0233 e. The topological polar surface area (TPSA) is 15.3 Å². The second-order valence-electron chi connectivity index (χ2n) is 6.74. The Balaban J connectivity index is 1.84. The van der Waals surface area contributed by atoms with Gasteiger partial charge in [0.1, 0.15) is 0 Å². The van der Waals surface area contributed by atoms with Crippen LogP contribution in [0.15, 0.2) is 24.3 Å². The van der Waals surface area contributed by atoms with Crippen molar-refractivity contribution in [3.63, 3.8) is 0 Å². The van der Waals surface area contributed by atoms with E-state index in [4.69, 9.17) is 0 Å². The van der Waals surface area contributed by atoms with Crippen molar-refractivity contribution in [2.24, 2.45) is 5.92 Å². The first-order valence-corrected chi connectivity index (χ1v) is 8.69. The zero-order valence-corrected chi connectivity index (χ0v) is 14.1. The summed E-state index contributed by atoms with van der Waals surface area (Å²) in [6.07, 6.45) is 6.79. The van der Waals surface area contributed by atoms with Crippen molar-refractivity contribution in [3.8, 4) is 0 Å². The maximum absolute atomic E-state index is 3.46. The number of nitrogens with zero attached hydrogens (tertiary/aromatic N) is 1. The normalized spacial score (nSPS) is 22.7. The third-order valence-corrected chi connectivity index (χ3v) is 4.84. The van der Waals surface area contributed by atoms with Crippen LogP contribution >= 0.6 is 0 Å². The van der Waals surface area contributed by atoms with Gasteiger partial charge in [-0.2, -0.15) is 0 Å². The van der Waals surface area contributed by atoms with E-state index >= 15 is 0 Å². The molecule has 2 atom stereocenters. The molecule has 0 spiro atoms. The number of benzene rings is 1. The largest absolute Gasteiger partial charge is 0.313 e. The van der Waals surface area contributed by atoms with E-state index in [2.05, 4.69) is 55.4 Å². The minimum Gasteiger partial charge on any atom is -0.313 e. The first kappa shape index (κ1) is 16.5. The lowest BCUT2D eigenvalue weighted by atomic mass is 9.85. The van der Waals surface area contributed by atoms with Crippen LogP contribution in [0.1, 0.15) is 57.1 Å². The van der Waals surface area contributed by atoms with E-state index in [1.54, 1.807) is 0 Å². The molecule has 0 heterocycles. The average molecular weight is 288 g/mol. The summed E-state index contributed by atoms with van der Waals surface area (Å²) in [5.74, 6) is 0.848. The fraction of sp³-hybridized carbons (Fsp3) is 0.684. The molecule has 2 heteroatoms. The summed E-state index contributed by atoms with van der Waals surface area (Å²) >= 11 is 0. The standard InChI is InChI=1S/C19H32N2/c1-4-13-20-14-17-9-11-18(12-10-17)15-21(3)19-8-6-5-7-16(19)2/h9-12,16,19-20H,4-8,13-15H2,1-3H3. The Bertz CT molecular complexity index is 399. The Kier molecular flexibility index (Phi) is 6.72. The van der Waals surface area contributed by atoms with Crippen LogP contribution in [-0.2, 0) is 13.1 Å². The van der Waals surface area contributed by atoms with Crippen LogP contribution in [0, 0.1) is 5.92 Å². The fourth-order valence-electron chi connectivity index (χ4n) is 3.53. The molecule has 0 aromatic heterocycles. The molecule has 0 amide bonds. The van der Waals surface area contributed by atoms with Crippen molar-refractivity contribution < 1.29 is 0 Å². The summed E-state index contributed by atoms with van der Waals surface area (Å²) in [7, 11) is 2.29. The van der Waals surface area contributed by atoms with Gasteiger partial charge >= 0.3 is 0 Å². The van der Waals surface area contributed by atoms with Gasteiger partial charge in [0.2, 0.25) is 0 Å². The van der Waals surface area contributed by atoms with Crippen LogP contribution in [0.25, 0.3) is 0 Å².